The maximum absolute atomic E-state index is 13.5. The molecule has 2 rings (SSSR count). The number of aliphatic hydroxyl groups excluding tert-OH is 1. The SMILES string of the molecule is OCc1ccc(-c2ccc(O)cc2F)cc1. The van der Waals surface area contributed by atoms with Crippen molar-refractivity contribution in [1.82, 2.24) is 0 Å². The number of benzene rings is 2. The predicted molar refractivity (Wildman–Crippen MR) is 59.4 cm³/mol. The van der Waals surface area contributed by atoms with Crippen molar-refractivity contribution in [3.8, 4) is 16.9 Å². The van der Waals surface area contributed by atoms with Crippen LogP contribution in [0.15, 0.2) is 42.5 Å². The average molecular weight is 218 g/mol. The maximum atomic E-state index is 13.5. The van der Waals surface area contributed by atoms with Crippen molar-refractivity contribution >= 4 is 0 Å². The van der Waals surface area contributed by atoms with Gasteiger partial charge in [-0.2, -0.15) is 0 Å². The molecule has 0 saturated carbocycles. The maximum Gasteiger partial charge on any atom is 0.134 e. The van der Waals surface area contributed by atoms with Gasteiger partial charge in [0.2, 0.25) is 0 Å². The Morgan fingerprint density at radius 3 is 2.25 bits per heavy atom. The molecule has 0 saturated heterocycles. The smallest absolute Gasteiger partial charge is 0.134 e. The second-order valence-electron chi connectivity index (χ2n) is 3.52. The summed E-state index contributed by atoms with van der Waals surface area (Å²) in [7, 11) is 0. The summed E-state index contributed by atoms with van der Waals surface area (Å²) in [6, 6.07) is 11.0. The summed E-state index contributed by atoms with van der Waals surface area (Å²) in [6.07, 6.45) is 0. The van der Waals surface area contributed by atoms with Crippen LogP contribution in [0.4, 0.5) is 4.39 Å². The molecule has 0 aliphatic rings. The van der Waals surface area contributed by atoms with Gasteiger partial charge in [0.15, 0.2) is 0 Å². The lowest BCUT2D eigenvalue weighted by Crippen LogP contribution is -1.86. The van der Waals surface area contributed by atoms with Gasteiger partial charge in [0.1, 0.15) is 11.6 Å². The molecule has 0 heterocycles. The standard InChI is InChI=1S/C13H11FO2/c14-13-7-11(16)5-6-12(13)10-3-1-9(8-15)2-4-10/h1-7,15-16H,8H2. The number of phenolic OH excluding ortho intramolecular Hbond substituents is 1. The van der Waals surface area contributed by atoms with Gasteiger partial charge in [-0.25, -0.2) is 4.39 Å². The molecule has 16 heavy (non-hydrogen) atoms. The summed E-state index contributed by atoms with van der Waals surface area (Å²) in [5.41, 5.74) is 1.93. The lowest BCUT2D eigenvalue weighted by molar-refractivity contribution is 0.282. The third-order valence-electron chi connectivity index (χ3n) is 2.40. The van der Waals surface area contributed by atoms with E-state index in [0.29, 0.717) is 5.56 Å². The van der Waals surface area contributed by atoms with E-state index < -0.39 is 5.82 Å². The molecule has 2 aromatic carbocycles. The average Bonchev–Trinajstić information content (AvgIpc) is 2.29. The Morgan fingerprint density at radius 2 is 1.69 bits per heavy atom. The normalized spacial score (nSPS) is 10.4. The van der Waals surface area contributed by atoms with Crippen LogP contribution >= 0.6 is 0 Å². The van der Waals surface area contributed by atoms with E-state index in [1.165, 1.54) is 12.1 Å². The molecule has 0 unspecified atom stereocenters. The second-order valence-corrected chi connectivity index (χ2v) is 3.52. The molecular formula is C13H11FO2. The van der Waals surface area contributed by atoms with Crippen LogP contribution in [0.25, 0.3) is 11.1 Å². The lowest BCUT2D eigenvalue weighted by Gasteiger charge is -2.04. The van der Waals surface area contributed by atoms with E-state index in [2.05, 4.69) is 0 Å². The molecule has 0 radical (unpaired) electrons. The molecule has 0 aromatic heterocycles. The molecule has 0 bridgehead atoms. The van der Waals surface area contributed by atoms with E-state index in [1.807, 2.05) is 0 Å². The number of hydrogen-bond acceptors (Lipinski definition) is 2. The monoisotopic (exact) mass is 218 g/mol. The van der Waals surface area contributed by atoms with Crippen molar-refractivity contribution in [2.24, 2.45) is 0 Å². The van der Waals surface area contributed by atoms with Gasteiger partial charge in [0.25, 0.3) is 0 Å². The molecule has 2 N–H and O–H groups in total. The van der Waals surface area contributed by atoms with Gasteiger partial charge in [-0.15, -0.1) is 0 Å². The molecule has 82 valence electrons. The topological polar surface area (TPSA) is 40.5 Å². The van der Waals surface area contributed by atoms with Gasteiger partial charge in [0, 0.05) is 11.6 Å². The fourth-order valence-corrected chi connectivity index (χ4v) is 1.53. The van der Waals surface area contributed by atoms with Crippen molar-refractivity contribution in [1.29, 1.82) is 0 Å². The summed E-state index contributed by atoms with van der Waals surface area (Å²) in [5.74, 6) is -0.551. The first-order valence-corrected chi connectivity index (χ1v) is 4.89. The second kappa shape index (κ2) is 4.33. The van der Waals surface area contributed by atoms with E-state index in [1.54, 1.807) is 24.3 Å². The van der Waals surface area contributed by atoms with E-state index in [4.69, 9.17) is 10.2 Å². The van der Waals surface area contributed by atoms with Crippen molar-refractivity contribution in [3.63, 3.8) is 0 Å². The van der Waals surface area contributed by atoms with Crippen LogP contribution in [0.5, 0.6) is 5.75 Å². The molecule has 0 atom stereocenters. The highest BCUT2D eigenvalue weighted by Crippen LogP contribution is 2.25. The van der Waals surface area contributed by atoms with Crippen LogP contribution in [0.3, 0.4) is 0 Å². The molecular weight excluding hydrogens is 207 g/mol. The fourth-order valence-electron chi connectivity index (χ4n) is 1.53. The Balaban J connectivity index is 2.42. The largest absolute Gasteiger partial charge is 0.508 e. The number of aromatic hydroxyl groups is 1. The van der Waals surface area contributed by atoms with Crippen molar-refractivity contribution in [2.75, 3.05) is 0 Å². The van der Waals surface area contributed by atoms with Gasteiger partial charge >= 0.3 is 0 Å². The highest BCUT2D eigenvalue weighted by atomic mass is 19.1. The Bertz CT molecular complexity index is 492. The number of rotatable bonds is 2. The Kier molecular flexibility index (Phi) is 2.88. The zero-order valence-electron chi connectivity index (χ0n) is 8.52. The first-order chi connectivity index (χ1) is 7.70. The number of hydrogen-bond donors (Lipinski definition) is 2. The Labute approximate surface area is 92.6 Å². The Hall–Kier alpha value is -1.87. The zero-order chi connectivity index (χ0) is 11.5. The fraction of sp³-hybridized carbons (Fsp3) is 0.0769. The van der Waals surface area contributed by atoms with E-state index in [-0.39, 0.29) is 12.4 Å². The van der Waals surface area contributed by atoms with Crippen LogP contribution in [0.2, 0.25) is 0 Å². The van der Waals surface area contributed by atoms with E-state index in [9.17, 15) is 4.39 Å². The molecule has 2 nitrogen and oxygen atoms in total. The van der Waals surface area contributed by atoms with Crippen molar-refractivity contribution in [2.45, 2.75) is 6.61 Å². The van der Waals surface area contributed by atoms with Crippen LogP contribution in [-0.2, 0) is 6.61 Å². The van der Waals surface area contributed by atoms with Gasteiger partial charge in [-0.05, 0) is 23.3 Å². The number of aliphatic hydroxyl groups is 1. The molecule has 0 spiro atoms. The summed E-state index contributed by atoms with van der Waals surface area (Å²) in [5, 5.41) is 18.0. The minimum absolute atomic E-state index is 0.0294. The lowest BCUT2D eigenvalue weighted by atomic mass is 10.0. The molecule has 0 amide bonds. The highest BCUT2D eigenvalue weighted by molar-refractivity contribution is 5.65. The van der Waals surface area contributed by atoms with Crippen LogP contribution in [-0.4, -0.2) is 10.2 Å². The highest BCUT2D eigenvalue weighted by Gasteiger charge is 2.05. The molecule has 3 heteroatoms. The molecule has 0 aliphatic carbocycles. The molecule has 2 aromatic rings. The summed E-state index contributed by atoms with van der Waals surface area (Å²) in [4.78, 5) is 0. The van der Waals surface area contributed by atoms with E-state index >= 15 is 0 Å². The quantitative estimate of drug-likeness (QED) is 0.813. The van der Waals surface area contributed by atoms with Gasteiger partial charge in [0.05, 0.1) is 6.61 Å². The third-order valence-corrected chi connectivity index (χ3v) is 2.40. The minimum atomic E-state index is -0.461. The third kappa shape index (κ3) is 2.04. The molecule has 0 fully saturated rings. The van der Waals surface area contributed by atoms with Crippen LogP contribution in [0.1, 0.15) is 5.56 Å². The van der Waals surface area contributed by atoms with Crippen molar-refractivity contribution < 1.29 is 14.6 Å². The van der Waals surface area contributed by atoms with Crippen molar-refractivity contribution in [3.05, 3.63) is 53.8 Å². The van der Waals surface area contributed by atoms with Crippen LogP contribution < -0.4 is 0 Å². The zero-order valence-corrected chi connectivity index (χ0v) is 8.52. The first-order valence-electron chi connectivity index (χ1n) is 4.89. The van der Waals surface area contributed by atoms with Gasteiger partial charge in [-0.1, -0.05) is 24.3 Å². The Morgan fingerprint density at radius 1 is 1.00 bits per heavy atom. The minimum Gasteiger partial charge on any atom is -0.508 e. The van der Waals surface area contributed by atoms with E-state index in [0.717, 1.165) is 17.2 Å². The first kappa shape index (κ1) is 10.6. The predicted octanol–water partition coefficient (Wildman–Crippen LogP) is 2.69. The van der Waals surface area contributed by atoms with Gasteiger partial charge in [-0.3, -0.25) is 0 Å². The number of phenols is 1. The summed E-state index contributed by atoms with van der Waals surface area (Å²) >= 11 is 0. The number of halogens is 1. The molecule has 0 aliphatic heterocycles. The summed E-state index contributed by atoms with van der Waals surface area (Å²) in [6.45, 7) is -0.0294. The van der Waals surface area contributed by atoms with Crippen LogP contribution in [0, 0.1) is 5.82 Å². The summed E-state index contributed by atoms with van der Waals surface area (Å²) < 4.78 is 13.5. The van der Waals surface area contributed by atoms with Gasteiger partial charge < -0.3 is 10.2 Å².